The number of halogens is 1. The molecular weight excluding hydrogens is 385 g/mol. The number of nitrogens with zero attached hydrogens (tertiary/aromatic N) is 4. The molecular formula is C18H18FN5O5. The van der Waals surface area contributed by atoms with Gasteiger partial charge in [-0.05, 0) is 5.56 Å². The first-order valence-electron chi connectivity index (χ1n) is 8.81. The molecule has 1 aliphatic rings. The quantitative estimate of drug-likeness (QED) is 0.489. The highest BCUT2D eigenvalue weighted by atomic mass is 19.1. The van der Waals surface area contributed by atoms with Gasteiger partial charge in [0.1, 0.15) is 24.0 Å². The summed E-state index contributed by atoms with van der Waals surface area (Å²) in [6.45, 7) is -0.651. The second-order valence-corrected chi connectivity index (χ2v) is 6.68. The Hall–Kier alpha value is -3.15. The van der Waals surface area contributed by atoms with Crippen molar-refractivity contribution in [3.63, 3.8) is 0 Å². The molecule has 0 aliphatic carbocycles. The van der Waals surface area contributed by atoms with E-state index < -0.39 is 36.9 Å². The van der Waals surface area contributed by atoms with E-state index in [4.69, 9.17) is 10.5 Å². The van der Waals surface area contributed by atoms with E-state index in [9.17, 15) is 24.2 Å². The normalized spacial score (nSPS) is 24.2. The van der Waals surface area contributed by atoms with Crippen molar-refractivity contribution in [3.8, 4) is 0 Å². The summed E-state index contributed by atoms with van der Waals surface area (Å²) in [6, 6.07) is 6.73. The van der Waals surface area contributed by atoms with Crippen molar-refractivity contribution in [1.82, 2.24) is 19.1 Å². The van der Waals surface area contributed by atoms with Gasteiger partial charge in [0.25, 0.3) is 0 Å². The summed E-state index contributed by atoms with van der Waals surface area (Å²) in [6.07, 6.45) is -4.26. The fraction of sp³-hybridized carbons (Fsp3) is 0.333. The second kappa shape index (κ2) is 7.35. The first-order valence-corrected chi connectivity index (χ1v) is 8.81. The van der Waals surface area contributed by atoms with Gasteiger partial charge in [0.2, 0.25) is 5.95 Å². The predicted molar refractivity (Wildman–Crippen MR) is 99.0 cm³/mol. The van der Waals surface area contributed by atoms with Crippen molar-refractivity contribution in [2.75, 3.05) is 12.3 Å². The van der Waals surface area contributed by atoms with Crippen LogP contribution < -0.4 is 11.4 Å². The molecule has 29 heavy (non-hydrogen) atoms. The lowest BCUT2D eigenvalue weighted by atomic mass is 10.1. The molecule has 1 saturated heterocycles. The molecule has 2 aromatic heterocycles. The maximum atomic E-state index is 14.2. The van der Waals surface area contributed by atoms with Gasteiger partial charge in [-0.1, -0.05) is 24.3 Å². The monoisotopic (exact) mass is 403 g/mol. The van der Waals surface area contributed by atoms with Crippen LogP contribution in [0.25, 0.3) is 11.2 Å². The standard InChI is InChI=1S/C18H18FN5O5/c19-13-12(8-26)29-16(14(13)27)24-15-11(5-21-17(20)22-15)23(18(24)28)6-9-3-1-2-4-10(9)7-25/h1-5,7,12-14,16,26-27H,6,8H2,(H2,20,21,22)/t12-,13-,14-,16-/m1/s1. The minimum Gasteiger partial charge on any atom is -0.394 e. The molecule has 1 aromatic carbocycles. The predicted octanol–water partition coefficient (Wildman–Crippen LogP) is -0.375. The highest BCUT2D eigenvalue weighted by Crippen LogP contribution is 2.32. The van der Waals surface area contributed by atoms with Gasteiger partial charge in [-0.15, -0.1) is 0 Å². The van der Waals surface area contributed by atoms with E-state index in [0.29, 0.717) is 17.4 Å². The smallest absolute Gasteiger partial charge is 0.332 e. The topological polar surface area (TPSA) is 145 Å². The van der Waals surface area contributed by atoms with Crippen LogP contribution in [0.15, 0.2) is 35.3 Å². The minimum absolute atomic E-state index is 0.00974. The van der Waals surface area contributed by atoms with Crippen LogP contribution in [0.5, 0.6) is 0 Å². The lowest BCUT2D eigenvalue weighted by molar-refractivity contribution is -0.0513. The number of aliphatic hydroxyl groups excluding tert-OH is 2. The summed E-state index contributed by atoms with van der Waals surface area (Å²) < 4.78 is 21.9. The number of carbonyl (C=O) groups is 1. The number of carbonyl (C=O) groups excluding carboxylic acids is 1. The van der Waals surface area contributed by atoms with Crippen LogP contribution in [0.3, 0.4) is 0 Å². The van der Waals surface area contributed by atoms with Crippen molar-refractivity contribution in [2.45, 2.75) is 31.2 Å². The summed E-state index contributed by atoms with van der Waals surface area (Å²) >= 11 is 0. The number of aldehydes is 1. The maximum absolute atomic E-state index is 14.2. The molecule has 4 N–H and O–H groups in total. The Morgan fingerprint density at radius 1 is 1.34 bits per heavy atom. The Bertz CT molecular complexity index is 1130. The molecule has 4 rings (SSSR count). The summed E-state index contributed by atoms with van der Waals surface area (Å²) in [7, 11) is 0. The third-order valence-corrected chi connectivity index (χ3v) is 4.96. The molecule has 3 heterocycles. The molecule has 1 fully saturated rings. The van der Waals surface area contributed by atoms with E-state index in [1.54, 1.807) is 24.3 Å². The Morgan fingerprint density at radius 3 is 2.79 bits per heavy atom. The molecule has 152 valence electrons. The van der Waals surface area contributed by atoms with Crippen LogP contribution in [0.4, 0.5) is 10.3 Å². The van der Waals surface area contributed by atoms with Gasteiger partial charge in [-0.25, -0.2) is 18.7 Å². The second-order valence-electron chi connectivity index (χ2n) is 6.68. The van der Waals surface area contributed by atoms with E-state index >= 15 is 0 Å². The highest BCUT2D eigenvalue weighted by Gasteiger charge is 2.46. The Labute approximate surface area is 163 Å². The largest absolute Gasteiger partial charge is 0.394 e. The van der Waals surface area contributed by atoms with Crippen LogP contribution in [0.1, 0.15) is 22.1 Å². The number of fused-ring (bicyclic) bond motifs is 1. The molecule has 0 bridgehead atoms. The number of imidazole rings is 1. The minimum atomic E-state index is -1.88. The summed E-state index contributed by atoms with van der Waals surface area (Å²) in [5, 5.41) is 19.5. The van der Waals surface area contributed by atoms with Crippen molar-refractivity contribution in [3.05, 3.63) is 52.1 Å². The van der Waals surface area contributed by atoms with E-state index in [0.717, 1.165) is 4.57 Å². The maximum Gasteiger partial charge on any atom is 0.332 e. The van der Waals surface area contributed by atoms with E-state index in [1.165, 1.54) is 10.8 Å². The van der Waals surface area contributed by atoms with Crippen molar-refractivity contribution < 1.29 is 24.1 Å². The fourth-order valence-electron chi connectivity index (χ4n) is 3.49. The third-order valence-electron chi connectivity index (χ3n) is 4.96. The zero-order chi connectivity index (χ0) is 20.7. The number of aliphatic hydroxyl groups is 2. The number of hydrogen-bond acceptors (Lipinski definition) is 8. The Balaban J connectivity index is 1.88. The Kier molecular flexibility index (Phi) is 4.86. The van der Waals surface area contributed by atoms with Crippen molar-refractivity contribution in [1.29, 1.82) is 0 Å². The van der Waals surface area contributed by atoms with Gasteiger partial charge in [-0.3, -0.25) is 9.36 Å². The molecule has 0 spiro atoms. The van der Waals surface area contributed by atoms with Crippen LogP contribution in [0, 0.1) is 0 Å². The molecule has 10 nitrogen and oxygen atoms in total. The molecule has 0 amide bonds. The fourth-order valence-corrected chi connectivity index (χ4v) is 3.49. The number of rotatable bonds is 5. The highest BCUT2D eigenvalue weighted by molar-refractivity contribution is 5.77. The lowest BCUT2D eigenvalue weighted by Crippen LogP contribution is -2.34. The van der Waals surface area contributed by atoms with Crippen molar-refractivity contribution >= 4 is 23.4 Å². The van der Waals surface area contributed by atoms with E-state index in [1.807, 2.05) is 0 Å². The number of anilines is 1. The van der Waals surface area contributed by atoms with Gasteiger partial charge in [0.05, 0.1) is 19.3 Å². The SMILES string of the molecule is Nc1ncc2c(n1)n([C@@H]1O[C@H](CO)[C@@H](F)[C@H]1O)c(=O)n2Cc1ccccc1C=O. The molecule has 4 atom stereocenters. The van der Waals surface area contributed by atoms with Gasteiger partial charge < -0.3 is 20.7 Å². The van der Waals surface area contributed by atoms with E-state index in [-0.39, 0.29) is 23.7 Å². The first kappa shape index (κ1) is 19.2. The molecule has 3 aromatic rings. The number of benzene rings is 1. The molecule has 0 radical (unpaired) electrons. The van der Waals surface area contributed by atoms with Crippen LogP contribution >= 0.6 is 0 Å². The van der Waals surface area contributed by atoms with Crippen LogP contribution in [0.2, 0.25) is 0 Å². The molecule has 1 aliphatic heterocycles. The van der Waals surface area contributed by atoms with Gasteiger partial charge in [0.15, 0.2) is 18.0 Å². The van der Waals surface area contributed by atoms with Crippen LogP contribution in [-0.4, -0.2) is 60.6 Å². The van der Waals surface area contributed by atoms with Gasteiger partial charge in [0, 0.05) is 5.56 Å². The summed E-state index contributed by atoms with van der Waals surface area (Å²) in [5.41, 5.74) is 6.28. The molecule has 0 unspecified atom stereocenters. The number of hydrogen-bond donors (Lipinski definition) is 3. The third kappa shape index (κ3) is 3.09. The first-order chi connectivity index (χ1) is 14.0. The number of nitrogens with two attached hydrogens (primary N) is 1. The number of ether oxygens (including phenoxy) is 1. The van der Waals surface area contributed by atoms with Crippen molar-refractivity contribution in [2.24, 2.45) is 0 Å². The van der Waals surface area contributed by atoms with Gasteiger partial charge >= 0.3 is 5.69 Å². The molecule has 11 heteroatoms. The zero-order valence-electron chi connectivity index (χ0n) is 15.1. The zero-order valence-corrected chi connectivity index (χ0v) is 15.1. The average molecular weight is 403 g/mol. The summed E-state index contributed by atoms with van der Waals surface area (Å²) in [5.74, 6) is -0.125. The number of nitrogen functional groups attached to an aromatic ring is 1. The number of aromatic nitrogens is 4. The molecule has 0 saturated carbocycles. The van der Waals surface area contributed by atoms with Gasteiger partial charge in [-0.2, -0.15) is 4.98 Å². The Morgan fingerprint density at radius 2 is 2.10 bits per heavy atom. The lowest BCUT2D eigenvalue weighted by Gasteiger charge is -2.15. The average Bonchev–Trinajstić information content (AvgIpc) is 3.15. The van der Waals surface area contributed by atoms with E-state index in [2.05, 4.69) is 9.97 Å². The van der Waals surface area contributed by atoms with Crippen LogP contribution in [-0.2, 0) is 11.3 Å². The summed E-state index contributed by atoms with van der Waals surface area (Å²) in [4.78, 5) is 32.5. The number of alkyl halides is 1.